The van der Waals surface area contributed by atoms with E-state index in [0.717, 1.165) is 33.7 Å². The molecule has 1 saturated heterocycles. The Balaban J connectivity index is 1.41. The summed E-state index contributed by atoms with van der Waals surface area (Å²) in [5, 5.41) is 11.3. The summed E-state index contributed by atoms with van der Waals surface area (Å²) in [6.45, 7) is 3.24. The lowest BCUT2D eigenvalue weighted by Crippen LogP contribution is -2.40. The van der Waals surface area contributed by atoms with Gasteiger partial charge < -0.3 is 14.0 Å². The second-order valence-corrected chi connectivity index (χ2v) is 9.63. The molecule has 0 spiro atoms. The summed E-state index contributed by atoms with van der Waals surface area (Å²) in [5.74, 6) is -0.284. The van der Waals surface area contributed by atoms with Crippen molar-refractivity contribution in [3.63, 3.8) is 0 Å². The minimum Gasteiger partial charge on any atom is -0.466 e. The normalized spacial score (nSPS) is 13.9. The number of ether oxygens (including phenoxy) is 1. The van der Waals surface area contributed by atoms with Crippen molar-refractivity contribution in [2.24, 2.45) is 5.92 Å². The number of aromatic nitrogens is 2. The third kappa shape index (κ3) is 5.67. The van der Waals surface area contributed by atoms with Crippen LogP contribution in [0.1, 0.15) is 31.9 Å². The lowest BCUT2D eigenvalue weighted by molar-refractivity contribution is -0.384. The maximum absolute atomic E-state index is 13.2. The number of esters is 1. The Hall–Kier alpha value is -4.53. The maximum Gasteiger partial charge on any atom is 0.309 e. The molecule has 9 nitrogen and oxygen atoms in total. The van der Waals surface area contributed by atoms with E-state index in [1.165, 1.54) is 6.07 Å². The monoisotopic (exact) mass is 526 g/mol. The van der Waals surface area contributed by atoms with Crippen molar-refractivity contribution in [1.29, 1.82) is 0 Å². The van der Waals surface area contributed by atoms with Gasteiger partial charge in [-0.15, -0.1) is 0 Å². The zero-order chi connectivity index (χ0) is 27.4. The SMILES string of the molecule is CCOC(=O)C1CCN(C(=O)CCc2c(-c3ccccc3)nc3ccc(-c4cccc([N+](=O)[O-])c4)cn23)CC1. The van der Waals surface area contributed by atoms with Crippen LogP contribution < -0.4 is 0 Å². The summed E-state index contributed by atoms with van der Waals surface area (Å²) < 4.78 is 7.13. The Morgan fingerprint density at radius 2 is 1.74 bits per heavy atom. The number of carbonyl (C=O) groups is 2. The number of nitro groups is 1. The van der Waals surface area contributed by atoms with E-state index in [4.69, 9.17) is 9.72 Å². The van der Waals surface area contributed by atoms with E-state index in [1.54, 1.807) is 19.1 Å². The van der Waals surface area contributed by atoms with Crippen molar-refractivity contribution >= 4 is 23.2 Å². The quantitative estimate of drug-likeness (QED) is 0.175. The summed E-state index contributed by atoms with van der Waals surface area (Å²) in [7, 11) is 0. The van der Waals surface area contributed by atoms with E-state index in [0.29, 0.717) is 45.4 Å². The number of fused-ring (bicyclic) bond motifs is 1. The first-order valence-electron chi connectivity index (χ1n) is 13.2. The zero-order valence-corrected chi connectivity index (χ0v) is 21.8. The minimum absolute atomic E-state index is 0.0285. The summed E-state index contributed by atoms with van der Waals surface area (Å²) in [6, 6.07) is 20.2. The van der Waals surface area contributed by atoms with Gasteiger partial charge in [0, 0.05) is 43.4 Å². The number of amides is 1. The Bertz CT molecular complexity index is 1510. The molecule has 0 aliphatic carbocycles. The zero-order valence-electron chi connectivity index (χ0n) is 21.8. The van der Waals surface area contributed by atoms with Crippen molar-refractivity contribution in [2.45, 2.75) is 32.6 Å². The van der Waals surface area contributed by atoms with Gasteiger partial charge >= 0.3 is 5.97 Å². The van der Waals surface area contributed by atoms with Crippen LogP contribution in [0, 0.1) is 16.0 Å². The van der Waals surface area contributed by atoms with Gasteiger partial charge in [0.25, 0.3) is 5.69 Å². The second kappa shape index (κ2) is 11.5. The van der Waals surface area contributed by atoms with Gasteiger partial charge in [0.05, 0.1) is 28.8 Å². The Kier molecular flexibility index (Phi) is 7.67. The van der Waals surface area contributed by atoms with Crippen molar-refractivity contribution in [1.82, 2.24) is 14.3 Å². The molecule has 1 aliphatic heterocycles. The largest absolute Gasteiger partial charge is 0.466 e. The number of hydrogen-bond acceptors (Lipinski definition) is 6. The summed E-state index contributed by atoms with van der Waals surface area (Å²) in [4.78, 5) is 42.9. The molecular formula is C30H30N4O5. The van der Waals surface area contributed by atoms with Crippen molar-refractivity contribution in [3.8, 4) is 22.4 Å². The highest BCUT2D eigenvalue weighted by Crippen LogP contribution is 2.30. The van der Waals surface area contributed by atoms with Gasteiger partial charge in [-0.2, -0.15) is 0 Å². The maximum atomic E-state index is 13.2. The fourth-order valence-corrected chi connectivity index (χ4v) is 5.14. The molecule has 0 atom stereocenters. The van der Waals surface area contributed by atoms with Crippen molar-refractivity contribution in [3.05, 3.63) is 88.7 Å². The Morgan fingerprint density at radius 3 is 2.46 bits per heavy atom. The number of benzene rings is 2. The molecule has 39 heavy (non-hydrogen) atoms. The van der Waals surface area contributed by atoms with E-state index in [9.17, 15) is 19.7 Å². The molecule has 2 aromatic heterocycles. The van der Waals surface area contributed by atoms with Crippen molar-refractivity contribution in [2.75, 3.05) is 19.7 Å². The number of aryl methyl sites for hydroxylation is 1. The van der Waals surface area contributed by atoms with Gasteiger partial charge in [-0.05, 0) is 49.4 Å². The number of imidazole rings is 1. The molecule has 0 bridgehead atoms. The number of hydrogen-bond donors (Lipinski definition) is 0. The molecule has 4 aromatic rings. The standard InChI is InChI=1S/C30H30N4O5/c1-2-39-30(36)22-15-17-32(18-16-22)28(35)14-12-26-29(21-7-4-3-5-8-21)31-27-13-11-24(20-33(26)27)23-9-6-10-25(19-23)34(37)38/h3-11,13,19-20,22H,2,12,14-18H2,1H3. The van der Waals surface area contributed by atoms with E-state index >= 15 is 0 Å². The molecule has 1 fully saturated rings. The molecule has 0 unspecified atom stereocenters. The number of carbonyl (C=O) groups excluding carboxylic acids is 2. The fraction of sp³-hybridized carbons (Fsp3) is 0.300. The summed E-state index contributed by atoms with van der Waals surface area (Å²) in [5.41, 5.74) is 4.97. The number of non-ortho nitro benzene ring substituents is 1. The molecule has 9 heteroatoms. The summed E-state index contributed by atoms with van der Waals surface area (Å²) >= 11 is 0. The van der Waals surface area contributed by atoms with Gasteiger partial charge in [-0.25, -0.2) is 4.98 Å². The van der Waals surface area contributed by atoms with Gasteiger partial charge in [-0.1, -0.05) is 42.5 Å². The van der Waals surface area contributed by atoms with Crippen LogP contribution in [0.15, 0.2) is 72.9 Å². The predicted molar refractivity (Wildman–Crippen MR) is 147 cm³/mol. The molecular weight excluding hydrogens is 496 g/mol. The topological polar surface area (TPSA) is 107 Å². The lowest BCUT2D eigenvalue weighted by atomic mass is 9.96. The van der Waals surface area contributed by atoms with Gasteiger partial charge in [0.15, 0.2) is 0 Å². The molecule has 2 aromatic carbocycles. The van der Waals surface area contributed by atoms with E-state index in [1.807, 2.05) is 64.0 Å². The molecule has 5 rings (SSSR count). The van der Waals surface area contributed by atoms with E-state index in [-0.39, 0.29) is 23.5 Å². The van der Waals surface area contributed by atoms with Gasteiger partial charge in [-0.3, -0.25) is 19.7 Å². The van der Waals surface area contributed by atoms with Crippen LogP contribution in [0.4, 0.5) is 5.69 Å². The summed E-state index contributed by atoms with van der Waals surface area (Å²) in [6.07, 6.45) is 3.93. The molecule has 0 N–H and O–H groups in total. The van der Waals surface area contributed by atoms with Crippen LogP contribution in [0.5, 0.6) is 0 Å². The van der Waals surface area contributed by atoms with E-state index in [2.05, 4.69) is 0 Å². The highest BCUT2D eigenvalue weighted by molar-refractivity contribution is 5.78. The van der Waals surface area contributed by atoms with E-state index < -0.39 is 4.92 Å². The third-order valence-corrected chi connectivity index (χ3v) is 7.20. The van der Waals surface area contributed by atoms with Crippen LogP contribution in [0.25, 0.3) is 28.0 Å². The first-order valence-corrected chi connectivity index (χ1v) is 13.2. The predicted octanol–water partition coefficient (Wildman–Crippen LogP) is 5.31. The van der Waals surface area contributed by atoms with Crippen LogP contribution in [0.3, 0.4) is 0 Å². The van der Waals surface area contributed by atoms with Crippen LogP contribution in [-0.2, 0) is 20.7 Å². The number of rotatable bonds is 8. The van der Waals surface area contributed by atoms with Gasteiger partial charge in [0.2, 0.25) is 5.91 Å². The molecule has 3 heterocycles. The molecule has 1 amide bonds. The Labute approximate surface area is 226 Å². The number of nitrogens with zero attached hydrogens (tertiary/aromatic N) is 4. The average molecular weight is 527 g/mol. The molecule has 1 aliphatic rings. The number of likely N-dealkylation sites (tertiary alicyclic amines) is 1. The highest BCUT2D eigenvalue weighted by Gasteiger charge is 2.28. The van der Waals surface area contributed by atoms with Gasteiger partial charge in [0.1, 0.15) is 5.65 Å². The fourth-order valence-electron chi connectivity index (χ4n) is 5.14. The Morgan fingerprint density at radius 1 is 1.00 bits per heavy atom. The number of piperidine rings is 1. The molecule has 0 saturated carbocycles. The number of nitro benzene ring substituents is 1. The number of pyridine rings is 1. The first kappa shape index (κ1) is 26.1. The highest BCUT2D eigenvalue weighted by atomic mass is 16.6. The van der Waals surface area contributed by atoms with Crippen LogP contribution >= 0.6 is 0 Å². The average Bonchev–Trinajstić information content (AvgIpc) is 3.34. The second-order valence-electron chi connectivity index (χ2n) is 9.63. The minimum atomic E-state index is -0.403. The van der Waals surface area contributed by atoms with Crippen LogP contribution in [-0.4, -0.2) is 50.8 Å². The lowest BCUT2D eigenvalue weighted by Gasteiger charge is -2.31. The molecule has 0 radical (unpaired) electrons. The third-order valence-electron chi connectivity index (χ3n) is 7.20. The molecule has 200 valence electrons. The van der Waals surface area contributed by atoms with Crippen molar-refractivity contribution < 1.29 is 19.2 Å². The first-order chi connectivity index (χ1) is 18.9. The van der Waals surface area contributed by atoms with Crippen LogP contribution in [0.2, 0.25) is 0 Å². The smallest absolute Gasteiger partial charge is 0.309 e.